The van der Waals surface area contributed by atoms with Gasteiger partial charge >= 0.3 is 0 Å². The third-order valence-corrected chi connectivity index (χ3v) is 7.50. The SMILES string of the molecule is O=C(C1CCCN(Nc2ccc(-c3cccnc3)cc2)C1)N1CCN(c2ccnc3ccccc23)CC1. The molecule has 1 atom stereocenters. The van der Waals surface area contributed by atoms with Crippen LogP contribution in [0.25, 0.3) is 22.0 Å². The number of aromatic nitrogens is 2. The number of nitrogens with zero attached hydrogens (tertiary/aromatic N) is 5. The van der Waals surface area contributed by atoms with Crippen LogP contribution in [0.15, 0.2) is 85.3 Å². The number of para-hydroxylation sites is 1. The van der Waals surface area contributed by atoms with Gasteiger partial charge in [0.1, 0.15) is 0 Å². The van der Waals surface area contributed by atoms with E-state index >= 15 is 0 Å². The first kappa shape index (κ1) is 23.4. The topological polar surface area (TPSA) is 64.6 Å². The number of benzene rings is 2. The summed E-state index contributed by atoms with van der Waals surface area (Å²) >= 11 is 0. The molecule has 7 nitrogen and oxygen atoms in total. The molecule has 188 valence electrons. The molecule has 0 radical (unpaired) electrons. The fourth-order valence-corrected chi connectivity index (χ4v) is 5.52. The number of carbonyl (C=O) groups is 1. The lowest BCUT2D eigenvalue weighted by Crippen LogP contribution is -2.53. The number of anilines is 2. The normalized spacial score (nSPS) is 18.6. The monoisotopic (exact) mass is 492 g/mol. The molecule has 0 saturated carbocycles. The smallest absolute Gasteiger partial charge is 0.227 e. The van der Waals surface area contributed by atoms with Gasteiger partial charge < -0.3 is 15.2 Å². The molecule has 1 amide bonds. The Morgan fingerprint density at radius 2 is 1.68 bits per heavy atom. The Bertz CT molecular complexity index is 1350. The number of amides is 1. The quantitative estimate of drug-likeness (QED) is 0.436. The van der Waals surface area contributed by atoms with Gasteiger partial charge in [-0.25, -0.2) is 5.01 Å². The van der Waals surface area contributed by atoms with Gasteiger partial charge in [-0.1, -0.05) is 36.4 Å². The van der Waals surface area contributed by atoms with E-state index in [1.807, 2.05) is 24.5 Å². The minimum atomic E-state index is 0.0317. The third-order valence-electron chi connectivity index (χ3n) is 7.50. The Morgan fingerprint density at radius 3 is 2.49 bits per heavy atom. The molecule has 2 aliphatic heterocycles. The van der Waals surface area contributed by atoms with Crippen molar-refractivity contribution in [1.82, 2.24) is 19.9 Å². The Labute approximate surface area is 217 Å². The van der Waals surface area contributed by atoms with Crippen molar-refractivity contribution in [3.8, 4) is 11.1 Å². The number of pyridine rings is 2. The van der Waals surface area contributed by atoms with Gasteiger partial charge in [0, 0.05) is 74.6 Å². The van der Waals surface area contributed by atoms with Gasteiger partial charge in [0.15, 0.2) is 0 Å². The number of fused-ring (bicyclic) bond motifs is 1. The Balaban J connectivity index is 1.05. The van der Waals surface area contributed by atoms with Crippen molar-refractivity contribution >= 4 is 28.2 Å². The average molecular weight is 493 g/mol. The summed E-state index contributed by atoms with van der Waals surface area (Å²) in [6.45, 7) is 4.88. The molecule has 6 rings (SSSR count). The number of piperidine rings is 1. The second kappa shape index (κ2) is 10.6. The van der Waals surface area contributed by atoms with Gasteiger partial charge in [0.2, 0.25) is 5.91 Å². The average Bonchev–Trinajstić information content (AvgIpc) is 2.97. The summed E-state index contributed by atoms with van der Waals surface area (Å²) in [6.07, 6.45) is 7.51. The number of rotatable bonds is 5. The van der Waals surface area contributed by atoms with Crippen molar-refractivity contribution in [1.29, 1.82) is 0 Å². The van der Waals surface area contributed by atoms with Gasteiger partial charge in [-0.15, -0.1) is 0 Å². The van der Waals surface area contributed by atoms with Crippen LogP contribution in [-0.4, -0.2) is 65.1 Å². The van der Waals surface area contributed by atoms with Crippen LogP contribution in [0.5, 0.6) is 0 Å². The van der Waals surface area contributed by atoms with Gasteiger partial charge in [0.05, 0.1) is 11.4 Å². The highest BCUT2D eigenvalue weighted by atomic mass is 16.2. The zero-order valence-corrected chi connectivity index (χ0v) is 21.0. The molecule has 0 bridgehead atoms. The molecule has 2 saturated heterocycles. The molecular formula is C30H32N6O. The van der Waals surface area contributed by atoms with Gasteiger partial charge in [-0.05, 0) is 54.3 Å². The molecule has 2 aromatic heterocycles. The zero-order valence-electron chi connectivity index (χ0n) is 21.0. The highest BCUT2D eigenvalue weighted by Gasteiger charge is 2.31. The summed E-state index contributed by atoms with van der Waals surface area (Å²) in [7, 11) is 0. The van der Waals surface area contributed by atoms with Crippen LogP contribution in [0.4, 0.5) is 11.4 Å². The van der Waals surface area contributed by atoms with Gasteiger partial charge in [-0.2, -0.15) is 0 Å². The Kier molecular flexibility index (Phi) is 6.69. The largest absolute Gasteiger partial charge is 0.367 e. The second-order valence-corrected chi connectivity index (χ2v) is 9.88. The highest BCUT2D eigenvalue weighted by molar-refractivity contribution is 5.91. The van der Waals surface area contributed by atoms with Crippen LogP contribution in [0.3, 0.4) is 0 Å². The minimum Gasteiger partial charge on any atom is -0.367 e. The van der Waals surface area contributed by atoms with E-state index in [4.69, 9.17) is 0 Å². The molecule has 2 fully saturated rings. The summed E-state index contributed by atoms with van der Waals surface area (Å²) in [5.74, 6) is 0.321. The third kappa shape index (κ3) is 5.13. The number of hydrazine groups is 1. The van der Waals surface area contributed by atoms with Crippen molar-refractivity contribution in [3.63, 3.8) is 0 Å². The first-order valence-electron chi connectivity index (χ1n) is 13.1. The Hall–Kier alpha value is -3.97. The van der Waals surface area contributed by atoms with Crippen LogP contribution in [0.2, 0.25) is 0 Å². The molecule has 4 aromatic rings. The van der Waals surface area contributed by atoms with E-state index in [2.05, 4.69) is 84.8 Å². The number of piperazine rings is 1. The standard InChI is InChI=1S/C30H32N6O/c37-30(35-19-17-34(18-20-35)29-13-15-32-28-8-2-1-7-27(28)29)25-6-4-16-36(22-25)33-26-11-9-23(10-12-26)24-5-3-14-31-21-24/h1-3,5,7-15,21,25,33H,4,6,16-20,22H2. The molecule has 2 aromatic carbocycles. The second-order valence-electron chi connectivity index (χ2n) is 9.88. The molecule has 7 heteroatoms. The predicted molar refractivity (Wildman–Crippen MR) is 148 cm³/mol. The first-order chi connectivity index (χ1) is 18.2. The van der Waals surface area contributed by atoms with E-state index < -0.39 is 0 Å². The summed E-state index contributed by atoms with van der Waals surface area (Å²) in [5, 5.41) is 3.37. The predicted octanol–water partition coefficient (Wildman–Crippen LogP) is 4.68. The van der Waals surface area contributed by atoms with Crippen LogP contribution in [0, 0.1) is 5.92 Å². The maximum absolute atomic E-state index is 13.4. The fraction of sp³-hybridized carbons (Fsp3) is 0.300. The lowest BCUT2D eigenvalue weighted by Gasteiger charge is -2.40. The Morgan fingerprint density at radius 1 is 0.838 bits per heavy atom. The molecule has 2 aliphatic rings. The summed E-state index contributed by atoms with van der Waals surface area (Å²) in [4.78, 5) is 26.6. The van der Waals surface area contributed by atoms with Crippen molar-refractivity contribution in [2.75, 3.05) is 49.6 Å². The maximum atomic E-state index is 13.4. The molecule has 1 N–H and O–H groups in total. The van der Waals surface area contributed by atoms with E-state index in [0.29, 0.717) is 0 Å². The van der Waals surface area contributed by atoms with E-state index in [9.17, 15) is 4.79 Å². The van der Waals surface area contributed by atoms with Gasteiger partial charge in [0.25, 0.3) is 0 Å². The fourth-order valence-electron chi connectivity index (χ4n) is 5.52. The molecular weight excluding hydrogens is 460 g/mol. The van der Waals surface area contributed by atoms with Crippen LogP contribution < -0.4 is 10.3 Å². The van der Waals surface area contributed by atoms with Crippen molar-refractivity contribution < 1.29 is 4.79 Å². The van der Waals surface area contributed by atoms with Gasteiger partial charge in [-0.3, -0.25) is 14.8 Å². The minimum absolute atomic E-state index is 0.0317. The first-order valence-corrected chi connectivity index (χ1v) is 13.1. The highest BCUT2D eigenvalue weighted by Crippen LogP contribution is 2.27. The van der Waals surface area contributed by atoms with E-state index in [1.54, 1.807) is 6.20 Å². The van der Waals surface area contributed by atoms with E-state index in [1.165, 1.54) is 11.1 Å². The van der Waals surface area contributed by atoms with Crippen molar-refractivity contribution in [2.24, 2.45) is 5.92 Å². The van der Waals surface area contributed by atoms with E-state index in [0.717, 1.165) is 74.4 Å². The van der Waals surface area contributed by atoms with E-state index in [-0.39, 0.29) is 11.8 Å². The number of nitrogens with one attached hydrogen (secondary N) is 1. The summed E-state index contributed by atoms with van der Waals surface area (Å²) in [6, 6.07) is 22.8. The summed E-state index contributed by atoms with van der Waals surface area (Å²) < 4.78 is 0. The summed E-state index contributed by atoms with van der Waals surface area (Å²) in [5.41, 5.74) is 9.04. The van der Waals surface area contributed by atoms with Crippen LogP contribution in [0.1, 0.15) is 12.8 Å². The molecule has 0 spiro atoms. The lowest BCUT2D eigenvalue weighted by atomic mass is 9.97. The van der Waals surface area contributed by atoms with Crippen LogP contribution in [-0.2, 0) is 4.79 Å². The molecule has 4 heterocycles. The number of carbonyl (C=O) groups excluding carboxylic acids is 1. The molecule has 1 unspecified atom stereocenters. The number of hydrogen-bond donors (Lipinski definition) is 1. The number of hydrogen-bond acceptors (Lipinski definition) is 6. The van der Waals surface area contributed by atoms with Crippen LogP contribution >= 0.6 is 0 Å². The lowest BCUT2D eigenvalue weighted by molar-refractivity contribution is -0.137. The van der Waals surface area contributed by atoms with Crippen molar-refractivity contribution in [3.05, 3.63) is 85.3 Å². The molecule has 0 aliphatic carbocycles. The molecule has 37 heavy (non-hydrogen) atoms. The van der Waals surface area contributed by atoms with Crippen molar-refractivity contribution in [2.45, 2.75) is 12.8 Å². The maximum Gasteiger partial charge on any atom is 0.227 e. The zero-order chi connectivity index (χ0) is 25.0.